The Morgan fingerprint density at radius 1 is 1.30 bits per heavy atom. The Hall–Kier alpha value is -2.86. The molecule has 0 unspecified atom stereocenters. The lowest BCUT2D eigenvalue weighted by molar-refractivity contribution is -0.116. The van der Waals surface area contributed by atoms with E-state index >= 15 is 0 Å². The van der Waals surface area contributed by atoms with E-state index in [1.165, 1.54) is 0 Å². The van der Waals surface area contributed by atoms with Crippen LogP contribution in [0, 0.1) is 22.7 Å². The molecule has 0 atom stereocenters. The van der Waals surface area contributed by atoms with Crippen molar-refractivity contribution in [1.29, 1.82) is 10.5 Å². The highest BCUT2D eigenvalue weighted by Gasteiger charge is 2.02. The van der Waals surface area contributed by atoms with E-state index in [9.17, 15) is 4.79 Å². The van der Waals surface area contributed by atoms with Gasteiger partial charge >= 0.3 is 0 Å². The van der Waals surface area contributed by atoms with Crippen molar-refractivity contribution < 1.29 is 4.79 Å². The van der Waals surface area contributed by atoms with Crippen LogP contribution >= 0.6 is 0 Å². The highest BCUT2D eigenvalue weighted by Crippen LogP contribution is 2.15. The molecule has 0 heterocycles. The summed E-state index contributed by atoms with van der Waals surface area (Å²) in [7, 11) is 0. The van der Waals surface area contributed by atoms with Crippen LogP contribution in [0.1, 0.15) is 26.2 Å². The normalized spacial score (nSPS) is 8.95. The number of nitrogens with zero attached hydrogens (tertiary/aromatic N) is 3. The maximum atomic E-state index is 11.6. The topological polar surface area (TPSA) is 101 Å². The lowest BCUT2D eigenvalue weighted by Gasteiger charge is -2.06. The Morgan fingerprint density at radius 3 is 2.65 bits per heavy atom. The van der Waals surface area contributed by atoms with Gasteiger partial charge in [0, 0.05) is 12.1 Å². The van der Waals surface area contributed by atoms with Crippen molar-refractivity contribution in [3.05, 3.63) is 24.3 Å². The van der Waals surface area contributed by atoms with Gasteiger partial charge in [-0.25, -0.2) is 0 Å². The zero-order valence-electron chi connectivity index (χ0n) is 11.2. The molecule has 0 saturated carbocycles. The summed E-state index contributed by atoms with van der Waals surface area (Å²) in [6.45, 7) is 2.03. The van der Waals surface area contributed by atoms with Crippen LogP contribution in [0.3, 0.4) is 0 Å². The van der Waals surface area contributed by atoms with Crippen molar-refractivity contribution >= 4 is 23.0 Å². The van der Waals surface area contributed by atoms with Crippen molar-refractivity contribution in [3.8, 4) is 12.1 Å². The van der Waals surface area contributed by atoms with Crippen molar-refractivity contribution in [2.24, 2.45) is 5.10 Å². The Balaban J connectivity index is 2.67. The van der Waals surface area contributed by atoms with Crippen LogP contribution in [0.2, 0.25) is 0 Å². The molecule has 0 saturated heterocycles. The number of hydrazone groups is 1. The summed E-state index contributed by atoms with van der Waals surface area (Å²) in [6.07, 6.45) is 2.30. The minimum absolute atomic E-state index is 0.0396. The van der Waals surface area contributed by atoms with E-state index < -0.39 is 0 Å². The summed E-state index contributed by atoms with van der Waals surface area (Å²) >= 11 is 0. The minimum Gasteiger partial charge on any atom is -0.326 e. The molecular formula is C14H15N5O. The fourth-order valence-electron chi connectivity index (χ4n) is 1.42. The van der Waals surface area contributed by atoms with Crippen LogP contribution in [0.25, 0.3) is 0 Å². The van der Waals surface area contributed by atoms with Gasteiger partial charge in [0.25, 0.3) is 0 Å². The molecule has 0 aliphatic rings. The molecule has 0 aliphatic heterocycles. The second-order valence-corrected chi connectivity index (χ2v) is 4.03. The SMILES string of the molecule is CCCCC(=O)Nc1cccc(NN=C(C#N)C#N)c1. The average Bonchev–Trinajstić information content (AvgIpc) is 2.46. The summed E-state index contributed by atoms with van der Waals surface area (Å²) in [4.78, 5) is 11.6. The maximum absolute atomic E-state index is 11.6. The molecule has 0 bridgehead atoms. The summed E-state index contributed by atoms with van der Waals surface area (Å²) in [6, 6.07) is 10.2. The van der Waals surface area contributed by atoms with E-state index in [1.807, 2.05) is 6.92 Å². The fraction of sp³-hybridized carbons (Fsp3) is 0.286. The number of benzene rings is 1. The smallest absolute Gasteiger partial charge is 0.237 e. The van der Waals surface area contributed by atoms with E-state index in [0.29, 0.717) is 17.8 Å². The van der Waals surface area contributed by atoms with Gasteiger partial charge in [-0.3, -0.25) is 10.2 Å². The largest absolute Gasteiger partial charge is 0.326 e. The van der Waals surface area contributed by atoms with Crippen LogP contribution in [0.4, 0.5) is 11.4 Å². The third-order valence-electron chi connectivity index (χ3n) is 2.41. The van der Waals surface area contributed by atoms with Gasteiger partial charge in [0.1, 0.15) is 12.1 Å². The van der Waals surface area contributed by atoms with E-state index in [0.717, 1.165) is 12.8 Å². The van der Waals surface area contributed by atoms with Gasteiger partial charge in [0.05, 0.1) is 5.69 Å². The summed E-state index contributed by atoms with van der Waals surface area (Å²) < 4.78 is 0. The standard InChI is InChI=1S/C14H15N5O/c1-2-3-7-14(20)17-11-5-4-6-12(8-11)18-19-13(9-15)10-16/h4-6,8,18H,2-3,7H2,1H3,(H,17,20). The zero-order valence-corrected chi connectivity index (χ0v) is 11.2. The molecular weight excluding hydrogens is 254 g/mol. The van der Waals surface area contributed by atoms with Crippen LogP contribution in [0.15, 0.2) is 29.4 Å². The predicted molar refractivity (Wildman–Crippen MR) is 76.9 cm³/mol. The maximum Gasteiger partial charge on any atom is 0.237 e. The van der Waals surface area contributed by atoms with Gasteiger partial charge in [-0.05, 0) is 24.6 Å². The summed E-state index contributed by atoms with van der Waals surface area (Å²) in [5, 5.41) is 23.5. The third kappa shape index (κ3) is 5.19. The van der Waals surface area contributed by atoms with Crippen molar-refractivity contribution in [1.82, 2.24) is 0 Å². The molecule has 1 aromatic carbocycles. The Bertz CT molecular complexity index is 564. The first-order valence-electron chi connectivity index (χ1n) is 6.23. The molecule has 0 spiro atoms. The van der Waals surface area contributed by atoms with E-state index in [-0.39, 0.29) is 11.6 Å². The number of nitriles is 2. The van der Waals surface area contributed by atoms with Crippen molar-refractivity contribution in [2.75, 3.05) is 10.7 Å². The van der Waals surface area contributed by atoms with E-state index in [1.54, 1.807) is 36.4 Å². The summed E-state index contributed by atoms with van der Waals surface area (Å²) in [5.41, 5.74) is 3.56. The quantitative estimate of drug-likeness (QED) is 0.612. The van der Waals surface area contributed by atoms with Gasteiger partial charge in [-0.2, -0.15) is 15.6 Å². The minimum atomic E-state index is -0.262. The number of unbranched alkanes of at least 4 members (excludes halogenated alkanes) is 1. The average molecular weight is 269 g/mol. The number of rotatable bonds is 6. The number of nitrogens with one attached hydrogen (secondary N) is 2. The molecule has 1 aromatic rings. The highest BCUT2D eigenvalue weighted by molar-refractivity contribution is 6.10. The molecule has 1 amide bonds. The molecule has 6 nitrogen and oxygen atoms in total. The van der Waals surface area contributed by atoms with Crippen LogP contribution in [-0.2, 0) is 4.79 Å². The number of anilines is 2. The van der Waals surface area contributed by atoms with Crippen molar-refractivity contribution in [3.63, 3.8) is 0 Å². The van der Waals surface area contributed by atoms with Gasteiger partial charge in [0.15, 0.2) is 0 Å². The number of carbonyl (C=O) groups is 1. The molecule has 0 radical (unpaired) electrons. The molecule has 6 heteroatoms. The second kappa shape index (κ2) is 8.28. The van der Waals surface area contributed by atoms with Crippen LogP contribution in [0.5, 0.6) is 0 Å². The van der Waals surface area contributed by atoms with Gasteiger partial charge < -0.3 is 5.32 Å². The van der Waals surface area contributed by atoms with Crippen LogP contribution in [-0.4, -0.2) is 11.6 Å². The third-order valence-corrected chi connectivity index (χ3v) is 2.41. The first-order valence-corrected chi connectivity index (χ1v) is 6.23. The molecule has 0 aromatic heterocycles. The van der Waals surface area contributed by atoms with E-state index in [4.69, 9.17) is 10.5 Å². The molecule has 20 heavy (non-hydrogen) atoms. The van der Waals surface area contributed by atoms with Gasteiger partial charge in [-0.1, -0.05) is 19.4 Å². The van der Waals surface area contributed by atoms with Crippen LogP contribution < -0.4 is 10.7 Å². The number of hydrogen-bond donors (Lipinski definition) is 2. The monoisotopic (exact) mass is 269 g/mol. The van der Waals surface area contributed by atoms with Gasteiger partial charge in [0.2, 0.25) is 11.6 Å². The summed E-state index contributed by atoms with van der Waals surface area (Å²) in [5.74, 6) is -0.0396. The number of amides is 1. The molecule has 1 rings (SSSR count). The molecule has 0 fully saturated rings. The zero-order chi connectivity index (χ0) is 14.8. The highest BCUT2D eigenvalue weighted by atomic mass is 16.1. The Labute approximate surface area is 117 Å². The lowest BCUT2D eigenvalue weighted by Crippen LogP contribution is -2.11. The first-order chi connectivity index (χ1) is 9.69. The molecule has 102 valence electrons. The number of hydrogen-bond acceptors (Lipinski definition) is 5. The number of carbonyl (C=O) groups excluding carboxylic acids is 1. The van der Waals surface area contributed by atoms with Crippen molar-refractivity contribution in [2.45, 2.75) is 26.2 Å². The van der Waals surface area contributed by atoms with Gasteiger partial charge in [-0.15, -0.1) is 0 Å². The molecule has 0 aliphatic carbocycles. The Morgan fingerprint density at radius 2 is 2.00 bits per heavy atom. The fourth-order valence-corrected chi connectivity index (χ4v) is 1.42. The predicted octanol–water partition coefficient (Wildman–Crippen LogP) is 2.63. The van der Waals surface area contributed by atoms with E-state index in [2.05, 4.69) is 15.8 Å². The first kappa shape index (κ1) is 15.2. The molecule has 2 N–H and O–H groups in total. The second-order valence-electron chi connectivity index (χ2n) is 4.03. The Kier molecular flexibility index (Phi) is 6.29. The lowest BCUT2D eigenvalue weighted by atomic mass is 10.2.